The predicted molar refractivity (Wildman–Crippen MR) is 80.5 cm³/mol. The molecule has 2 aliphatic rings. The molecule has 0 radical (unpaired) electrons. The van der Waals surface area contributed by atoms with Crippen LogP contribution in [0.2, 0.25) is 0 Å². The van der Waals surface area contributed by atoms with Gasteiger partial charge in [0, 0.05) is 16.6 Å². The minimum absolute atomic E-state index is 0.150. The third-order valence-electron chi connectivity index (χ3n) is 3.93. The van der Waals surface area contributed by atoms with Gasteiger partial charge < -0.3 is 0 Å². The van der Waals surface area contributed by atoms with E-state index in [0.717, 1.165) is 19.3 Å². The minimum Gasteiger partial charge on any atom is -0.295 e. The normalized spacial score (nSPS) is 25.1. The molecule has 0 bridgehead atoms. The van der Waals surface area contributed by atoms with E-state index in [0.29, 0.717) is 17.5 Å². The quantitative estimate of drug-likeness (QED) is 0.793. The third kappa shape index (κ3) is 2.94. The first-order valence-electron chi connectivity index (χ1n) is 6.99. The number of hydrogen-bond acceptors (Lipinski definition) is 2. The second-order valence-corrected chi connectivity index (χ2v) is 7.88. The Kier molecular flexibility index (Phi) is 3.30. The van der Waals surface area contributed by atoms with Gasteiger partial charge in [-0.05, 0) is 42.4 Å². The molecule has 1 aromatic rings. The second kappa shape index (κ2) is 4.82. The molecular weight excluding hydrogens is 252 g/mol. The average molecular weight is 272 g/mol. The lowest BCUT2D eigenvalue weighted by molar-refractivity contribution is -0.117. The van der Waals surface area contributed by atoms with Gasteiger partial charge in [0.15, 0.2) is 5.78 Å². The molecule has 1 nitrogen and oxygen atoms in total. The SMILES string of the molecule is CC1(C)CC(=O)C=C(CC2Cc3ccccc3S2)C1. The van der Waals surface area contributed by atoms with Crippen LogP contribution in [-0.2, 0) is 11.2 Å². The number of fused-ring (bicyclic) bond motifs is 1. The number of hydrogen-bond donors (Lipinski definition) is 0. The Morgan fingerprint density at radius 2 is 2.05 bits per heavy atom. The van der Waals surface area contributed by atoms with Crippen molar-refractivity contribution in [1.82, 2.24) is 0 Å². The van der Waals surface area contributed by atoms with Crippen LogP contribution in [0.1, 0.15) is 38.7 Å². The summed E-state index contributed by atoms with van der Waals surface area (Å²) in [5, 5.41) is 0.616. The molecule has 0 spiro atoms. The summed E-state index contributed by atoms with van der Waals surface area (Å²) in [7, 11) is 0. The second-order valence-electron chi connectivity index (χ2n) is 6.54. The fourth-order valence-electron chi connectivity index (χ4n) is 3.27. The first-order chi connectivity index (χ1) is 9.02. The molecule has 1 atom stereocenters. The Balaban J connectivity index is 1.69. The smallest absolute Gasteiger partial charge is 0.156 e. The highest BCUT2D eigenvalue weighted by Crippen LogP contribution is 2.42. The summed E-state index contributed by atoms with van der Waals surface area (Å²) in [5.74, 6) is 0.312. The van der Waals surface area contributed by atoms with Crippen molar-refractivity contribution >= 4 is 17.5 Å². The van der Waals surface area contributed by atoms with Crippen molar-refractivity contribution in [3.63, 3.8) is 0 Å². The highest BCUT2D eigenvalue weighted by molar-refractivity contribution is 8.00. The van der Waals surface area contributed by atoms with Gasteiger partial charge in [0.25, 0.3) is 0 Å². The van der Waals surface area contributed by atoms with Crippen LogP contribution >= 0.6 is 11.8 Å². The summed E-state index contributed by atoms with van der Waals surface area (Å²) in [6.07, 6.45) is 5.90. The van der Waals surface area contributed by atoms with Gasteiger partial charge in [0.1, 0.15) is 0 Å². The van der Waals surface area contributed by atoms with Gasteiger partial charge in [-0.15, -0.1) is 11.8 Å². The molecule has 0 N–H and O–H groups in total. The van der Waals surface area contributed by atoms with Gasteiger partial charge in [-0.1, -0.05) is 37.6 Å². The standard InChI is InChI=1S/C17H20OS/c1-17(2)10-12(7-14(18)11-17)8-15-9-13-5-3-4-6-16(13)19-15/h3-7,15H,8-11H2,1-2H3. The van der Waals surface area contributed by atoms with E-state index in [4.69, 9.17) is 0 Å². The van der Waals surface area contributed by atoms with E-state index in [9.17, 15) is 4.79 Å². The molecule has 100 valence electrons. The number of carbonyl (C=O) groups excluding carboxylic acids is 1. The number of allylic oxidation sites excluding steroid dienone is 2. The highest BCUT2D eigenvalue weighted by Gasteiger charge is 2.30. The van der Waals surface area contributed by atoms with Crippen LogP contribution < -0.4 is 0 Å². The Morgan fingerprint density at radius 1 is 1.26 bits per heavy atom. The summed E-state index contributed by atoms with van der Waals surface area (Å²) in [6, 6.07) is 8.67. The number of ketones is 1. The van der Waals surface area contributed by atoms with Crippen molar-refractivity contribution < 1.29 is 4.79 Å². The fraction of sp³-hybridized carbons (Fsp3) is 0.471. The van der Waals surface area contributed by atoms with Crippen LogP contribution in [0.15, 0.2) is 40.8 Å². The highest BCUT2D eigenvalue weighted by atomic mass is 32.2. The Labute approximate surface area is 119 Å². The average Bonchev–Trinajstić information content (AvgIpc) is 2.67. The van der Waals surface area contributed by atoms with E-state index in [1.807, 2.05) is 17.8 Å². The first-order valence-corrected chi connectivity index (χ1v) is 7.87. The van der Waals surface area contributed by atoms with E-state index in [2.05, 4.69) is 38.1 Å². The number of rotatable bonds is 2. The van der Waals surface area contributed by atoms with Gasteiger partial charge in [0.2, 0.25) is 0 Å². The maximum atomic E-state index is 11.8. The number of benzene rings is 1. The Hall–Kier alpha value is -1.02. The Bertz CT molecular complexity index is 517. The molecule has 0 saturated carbocycles. The summed E-state index contributed by atoms with van der Waals surface area (Å²) in [5.41, 5.74) is 2.98. The van der Waals surface area contributed by atoms with E-state index >= 15 is 0 Å². The molecule has 1 aliphatic heterocycles. The molecular formula is C17H20OS. The van der Waals surface area contributed by atoms with Crippen LogP contribution in [-0.4, -0.2) is 11.0 Å². The number of carbonyl (C=O) groups is 1. The number of thioether (sulfide) groups is 1. The zero-order valence-corrected chi connectivity index (χ0v) is 12.4. The molecule has 0 aromatic heterocycles. The van der Waals surface area contributed by atoms with Crippen molar-refractivity contribution in [3.8, 4) is 0 Å². The third-order valence-corrected chi connectivity index (χ3v) is 5.25. The van der Waals surface area contributed by atoms with Gasteiger partial charge in [-0.25, -0.2) is 0 Å². The zero-order chi connectivity index (χ0) is 13.5. The van der Waals surface area contributed by atoms with Crippen molar-refractivity contribution in [3.05, 3.63) is 41.5 Å². The minimum atomic E-state index is 0.150. The van der Waals surface area contributed by atoms with Gasteiger partial charge >= 0.3 is 0 Å². The Morgan fingerprint density at radius 3 is 2.79 bits per heavy atom. The zero-order valence-electron chi connectivity index (χ0n) is 11.6. The van der Waals surface area contributed by atoms with E-state index < -0.39 is 0 Å². The molecule has 19 heavy (non-hydrogen) atoms. The molecule has 2 heteroatoms. The van der Waals surface area contributed by atoms with Gasteiger partial charge in [0.05, 0.1) is 0 Å². The molecule has 0 amide bonds. The maximum absolute atomic E-state index is 11.8. The van der Waals surface area contributed by atoms with E-state index in [1.165, 1.54) is 16.0 Å². The lowest BCUT2D eigenvalue weighted by atomic mass is 9.75. The van der Waals surface area contributed by atoms with Crippen molar-refractivity contribution in [1.29, 1.82) is 0 Å². The summed E-state index contributed by atoms with van der Waals surface area (Å²) >= 11 is 1.98. The monoisotopic (exact) mass is 272 g/mol. The summed E-state index contributed by atoms with van der Waals surface area (Å²) in [6.45, 7) is 4.41. The lowest BCUT2D eigenvalue weighted by Crippen LogP contribution is -2.23. The fourth-order valence-corrected chi connectivity index (χ4v) is 4.65. The summed E-state index contributed by atoms with van der Waals surface area (Å²) in [4.78, 5) is 13.2. The van der Waals surface area contributed by atoms with Crippen molar-refractivity contribution in [2.24, 2.45) is 5.41 Å². The first kappa shape index (κ1) is 13.0. The van der Waals surface area contributed by atoms with Gasteiger partial charge in [-0.2, -0.15) is 0 Å². The molecule has 1 unspecified atom stereocenters. The van der Waals surface area contributed by atoms with Gasteiger partial charge in [-0.3, -0.25) is 4.79 Å². The molecule has 0 fully saturated rings. The van der Waals surface area contributed by atoms with Crippen LogP contribution in [0.5, 0.6) is 0 Å². The molecule has 0 saturated heterocycles. The summed E-state index contributed by atoms with van der Waals surface area (Å²) < 4.78 is 0. The molecule has 1 aliphatic carbocycles. The van der Waals surface area contributed by atoms with Crippen LogP contribution in [0.25, 0.3) is 0 Å². The van der Waals surface area contributed by atoms with E-state index in [1.54, 1.807) is 0 Å². The van der Waals surface area contributed by atoms with Crippen LogP contribution in [0.3, 0.4) is 0 Å². The van der Waals surface area contributed by atoms with Crippen LogP contribution in [0.4, 0.5) is 0 Å². The van der Waals surface area contributed by atoms with Crippen LogP contribution in [0, 0.1) is 5.41 Å². The van der Waals surface area contributed by atoms with Crippen molar-refractivity contribution in [2.45, 2.75) is 49.7 Å². The van der Waals surface area contributed by atoms with E-state index in [-0.39, 0.29) is 5.41 Å². The lowest BCUT2D eigenvalue weighted by Gasteiger charge is -2.29. The predicted octanol–water partition coefficient (Wildman–Crippen LogP) is 4.41. The maximum Gasteiger partial charge on any atom is 0.156 e. The topological polar surface area (TPSA) is 17.1 Å². The largest absolute Gasteiger partial charge is 0.295 e. The molecule has 3 rings (SSSR count). The van der Waals surface area contributed by atoms with Crippen molar-refractivity contribution in [2.75, 3.05) is 0 Å². The molecule has 1 aromatic carbocycles. The molecule has 1 heterocycles.